The smallest absolute Gasteiger partial charge is 0.317 e. The first-order valence-corrected chi connectivity index (χ1v) is 3.54. The number of carbonyl (C=O) groups is 2. The van der Waals surface area contributed by atoms with Crippen molar-refractivity contribution in [2.45, 2.75) is 19.8 Å². The second-order valence-electron chi connectivity index (χ2n) is 2.50. The molecular formula is C8H12O4. The van der Waals surface area contributed by atoms with Gasteiger partial charge in [-0.1, -0.05) is 5.57 Å². The van der Waals surface area contributed by atoms with Crippen LogP contribution in [0, 0.1) is 0 Å². The fourth-order valence-corrected chi connectivity index (χ4v) is 0.514. The van der Waals surface area contributed by atoms with Crippen LogP contribution in [-0.2, 0) is 14.3 Å². The predicted octanol–water partition coefficient (Wildman–Crippen LogP) is 0.970. The SMILES string of the molecule is C=C(C)CCOC(=O)CC(=O)O. The van der Waals surface area contributed by atoms with Crippen molar-refractivity contribution in [3.8, 4) is 0 Å². The number of carboxylic acids is 1. The molecule has 68 valence electrons. The van der Waals surface area contributed by atoms with E-state index in [4.69, 9.17) is 5.11 Å². The minimum absolute atomic E-state index is 0.210. The Bertz CT molecular complexity index is 195. The maximum Gasteiger partial charge on any atom is 0.317 e. The van der Waals surface area contributed by atoms with E-state index in [1.807, 2.05) is 6.92 Å². The molecule has 0 bridgehead atoms. The Kier molecular flexibility index (Phi) is 4.76. The van der Waals surface area contributed by atoms with E-state index in [0.717, 1.165) is 5.57 Å². The van der Waals surface area contributed by atoms with Crippen LogP contribution in [0.5, 0.6) is 0 Å². The molecule has 0 amide bonds. The first-order chi connectivity index (χ1) is 5.52. The van der Waals surface area contributed by atoms with Crippen molar-refractivity contribution in [3.63, 3.8) is 0 Å². The summed E-state index contributed by atoms with van der Waals surface area (Å²) in [7, 11) is 0. The molecule has 4 nitrogen and oxygen atoms in total. The summed E-state index contributed by atoms with van der Waals surface area (Å²) in [6.45, 7) is 5.63. The number of esters is 1. The normalized spacial score (nSPS) is 9.08. The lowest BCUT2D eigenvalue weighted by atomic mass is 10.3. The van der Waals surface area contributed by atoms with Gasteiger partial charge < -0.3 is 9.84 Å². The van der Waals surface area contributed by atoms with Gasteiger partial charge in [-0.2, -0.15) is 0 Å². The molecule has 0 aliphatic heterocycles. The Labute approximate surface area is 70.8 Å². The third kappa shape index (κ3) is 6.80. The van der Waals surface area contributed by atoms with Crippen molar-refractivity contribution in [2.75, 3.05) is 6.61 Å². The molecule has 0 aromatic carbocycles. The van der Waals surface area contributed by atoms with Crippen molar-refractivity contribution in [1.82, 2.24) is 0 Å². The van der Waals surface area contributed by atoms with Gasteiger partial charge in [-0.15, -0.1) is 6.58 Å². The lowest BCUT2D eigenvalue weighted by Gasteiger charge is -2.01. The Morgan fingerprint density at radius 1 is 1.50 bits per heavy atom. The van der Waals surface area contributed by atoms with Gasteiger partial charge in [-0.05, 0) is 6.92 Å². The zero-order valence-electron chi connectivity index (χ0n) is 7.00. The van der Waals surface area contributed by atoms with E-state index in [0.29, 0.717) is 6.42 Å². The Hall–Kier alpha value is -1.32. The van der Waals surface area contributed by atoms with E-state index >= 15 is 0 Å². The van der Waals surface area contributed by atoms with Gasteiger partial charge in [-0.25, -0.2) is 0 Å². The minimum atomic E-state index is -1.17. The summed E-state index contributed by atoms with van der Waals surface area (Å²) in [5, 5.41) is 8.17. The molecule has 0 aliphatic carbocycles. The van der Waals surface area contributed by atoms with E-state index in [2.05, 4.69) is 11.3 Å². The number of hydrogen-bond acceptors (Lipinski definition) is 3. The standard InChI is InChI=1S/C8H12O4/c1-6(2)3-4-12-8(11)5-7(9)10/h1,3-5H2,2H3,(H,9,10). The highest BCUT2D eigenvalue weighted by atomic mass is 16.5. The maximum absolute atomic E-state index is 10.6. The number of ether oxygens (including phenoxy) is 1. The number of hydrogen-bond donors (Lipinski definition) is 1. The van der Waals surface area contributed by atoms with E-state index in [-0.39, 0.29) is 6.61 Å². The van der Waals surface area contributed by atoms with E-state index in [9.17, 15) is 9.59 Å². The molecule has 0 saturated carbocycles. The first kappa shape index (κ1) is 10.7. The van der Waals surface area contributed by atoms with Crippen molar-refractivity contribution in [1.29, 1.82) is 0 Å². The van der Waals surface area contributed by atoms with Gasteiger partial charge in [-0.3, -0.25) is 9.59 Å². The second kappa shape index (κ2) is 5.35. The molecule has 0 spiro atoms. The van der Waals surface area contributed by atoms with E-state index in [1.165, 1.54) is 0 Å². The summed E-state index contributed by atoms with van der Waals surface area (Å²) in [5.41, 5.74) is 0.901. The molecule has 4 heteroatoms. The van der Waals surface area contributed by atoms with Crippen LogP contribution >= 0.6 is 0 Å². The van der Waals surface area contributed by atoms with Crippen LogP contribution in [0.25, 0.3) is 0 Å². The predicted molar refractivity (Wildman–Crippen MR) is 42.6 cm³/mol. The van der Waals surface area contributed by atoms with Crippen molar-refractivity contribution < 1.29 is 19.4 Å². The molecule has 0 aliphatic rings. The zero-order valence-corrected chi connectivity index (χ0v) is 7.00. The molecular weight excluding hydrogens is 160 g/mol. The van der Waals surface area contributed by atoms with Crippen molar-refractivity contribution in [3.05, 3.63) is 12.2 Å². The summed E-state index contributed by atoms with van der Waals surface area (Å²) >= 11 is 0. The van der Waals surface area contributed by atoms with Crippen LogP contribution in [0.4, 0.5) is 0 Å². The van der Waals surface area contributed by atoms with Gasteiger partial charge in [0.25, 0.3) is 0 Å². The number of carbonyl (C=O) groups excluding carboxylic acids is 1. The minimum Gasteiger partial charge on any atom is -0.481 e. The fraction of sp³-hybridized carbons (Fsp3) is 0.500. The van der Waals surface area contributed by atoms with E-state index < -0.39 is 18.4 Å². The average Bonchev–Trinajstić information content (AvgIpc) is 1.84. The zero-order chi connectivity index (χ0) is 9.56. The van der Waals surface area contributed by atoms with E-state index in [1.54, 1.807) is 0 Å². The maximum atomic E-state index is 10.6. The monoisotopic (exact) mass is 172 g/mol. The molecule has 0 atom stereocenters. The highest BCUT2D eigenvalue weighted by Crippen LogP contribution is 1.96. The van der Waals surface area contributed by atoms with Crippen LogP contribution in [0.2, 0.25) is 0 Å². The van der Waals surface area contributed by atoms with Gasteiger partial charge in [0.1, 0.15) is 6.42 Å². The Balaban J connectivity index is 3.44. The largest absolute Gasteiger partial charge is 0.481 e. The topological polar surface area (TPSA) is 63.6 Å². The van der Waals surface area contributed by atoms with Gasteiger partial charge in [0.2, 0.25) is 0 Å². The van der Waals surface area contributed by atoms with Gasteiger partial charge >= 0.3 is 11.9 Å². The highest BCUT2D eigenvalue weighted by molar-refractivity contribution is 5.90. The lowest BCUT2D eigenvalue weighted by Crippen LogP contribution is -2.11. The van der Waals surface area contributed by atoms with Crippen LogP contribution in [0.3, 0.4) is 0 Å². The summed E-state index contributed by atoms with van der Waals surface area (Å²) in [6, 6.07) is 0. The number of rotatable bonds is 5. The molecule has 1 N–H and O–H groups in total. The van der Waals surface area contributed by atoms with Gasteiger partial charge in [0.05, 0.1) is 6.61 Å². The second-order valence-corrected chi connectivity index (χ2v) is 2.50. The van der Waals surface area contributed by atoms with Crippen LogP contribution < -0.4 is 0 Å². The molecule has 0 aromatic heterocycles. The quantitative estimate of drug-likeness (QED) is 0.381. The molecule has 0 fully saturated rings. The average molecular weight is 172 g/mol. The first-order valence-electron chi connectivity index (χ1n) is 3.54. The molecule has 0 unspecified atom stereocenters. The molecule has 0 saturated heterocycles. The highest BCUT2D eigenvalue weighted by Gasteiger charge is 2.07. The van der Waals surface area contributed by atoms with Crippen molar-refractivity contribution in [2.24, 2.45) is 0 Å². The van der Waals surface area contributed by atoms with Crippen LogP contribution in [0.15, 0.2) is 12.2 Å². The Morgan fingerprint density at radius 2 is 2.08 bits per heavy atom. The van der Waals surface area contributed by atoms with Gasteiger partial charge in [0.15, 0.2) is 0 Å². The third-order valence-corrected chi connectivity index (χ3v) is 1.09. The fourth-order valence-electron chi connectivity index (χ4n) is 0.514. The summed E-state index contributed by atoms with van der Waals surface area (Å²) in [6.07, 6.45) is 0.00154. The van der Waals surface area contributed by atoms with Crippen LogP contribution in [-0.4, -0.2) is 23.7 Å². The summed E-state index contributed by atoms with van der Waals surface area (Å²) < 4.78 is 4.58. The molecule has 0 rings (SSSR count). The third-order valence-electron chi connectivity index (χ3n) is 1.09. The number of carboxylic acid groups (broad SMARTS) is 1. The van der Waals surface area contributed by atoms with Crippen molar-refractivity contribution >= 4 is 11.9 Å². The molecule has 12 heavy (non-hydrogen) atoms. The van der Waals surface area contributed by atoms with Crippen LogP contribution in [0.1, 0.15) is 19.8 Å². The Morgan fingerprint density at radius 3 is 2.50 bits per heavy atom. The molecule has 0 heterocycles. The van der Waals surface area contributed by atoms with Gasteiger partial charge in [0, 0.05) is 6.42 Å². The summed E-state index contributed by atoms with van der Waals surface area (Å²) in [5.74, 6) is -1.88. The number of aliphatic carboxylic acids is 1. The lowest BCUT2D eigenvalue weighted by molar-refractivity contribution is -0.151. The summed E-state index contributed by atoms with van der Waals surface area (Å²) in [4.78, 5) is 20.6. The molecule has 0 aromatic rings. The molecule has 0 radical (unpaired) electrons.